The van der Waals surface area contributed by atoms with Crippen molar-refractivity contribution in [3.63, 3.8) is 0 Å². The van der Waals surface area contributed by atoms with Gasteiger partial charge >= 0.3 is 0 Å². The van der Waals surface area contributed by atoms with Crippen molar-refractivity contribution in [2.75, 3.05) is 13.6 Å². The maximum absolute atomic E-state index is 4.73. The topological polar surface area (TPSA) is 29.9 Å². The predicted octanol–water partition coefficient (Wildman–Crippen LogP) is 4.16. The molecule has 0 bridgehead atoms. The Hall–Kier alpha value is -1.13. The minimum atomic E-state index is 0.448. The molecule has 0 spiro atoms. The van der Waals surface area contributed by atoms with Crippen LogP contribution in [-0.4, -0.2) is 23.4 Å². The third-order valence-corrected chi connectivity index (χ3v) is 4.48. The van der Waals surface area contributed by atoms with Gasteiger partial charge in [-0.1, -0.05) is 35.0 Å². The molecule has 0 aliphatic rings. The Labute approximate surface area is 135 Å². The molecule has 2 rings (SSSR count). The zero-order valence-corrected chi connectivity index (χ0v) is 14.6. The Morgan fingerprint density at radius 3 is 2.57 bits per heavy atom. The lowest BCUT2D eigenvalue weighted by atomic mass is 9.94. The summed E-state index contributed by atoms with van der Waals surface area (Å²) in [6.07, 6.45) is 4.17. The monoisotopic (exact) mass is 349 g/mol. The van der Waals surface area contributed by atoms with Crippen LogP contribution in [0.5, 0.6) is 0 Å². The van der Waals surface area contributed by atoms with Crippen molar-refractivity contribution in [1.29, 1.82) is 0 Å². The molecule has 0 radical (unpaired) electrons. The van der Waals surface area contributed by atoms with Crippen molar-refractivity contribution >= 4 is 15.9 Å². The van der Waals surface area contributed by atoms with Gasteiger partial charge < -0.3 is 5.32 Å². The zero-order chi connectivity index (χ0) is 15.2. The van der Waals surface area contributed by atoms with Crippen molar-refractivity contribution in [2.24, 2.45) is 0 Å². The minimum Gasteiger partial charge on any atom is -0.319 e. The summed E-state index contributed by atoms with van der Waals surface area (Å²) < 4.78 is 3.20. The van der Waals surface area contributed by atoms with Gasteiger partial charge in [0, 0.05) is 29.2 Å². The summed E-state index contributed by atoms with van der Waals surface area (Å²) in [7, 11) is 2.00. The molecule has 0 aliphatic carbocycles. The van der Waals surface area contributed by atoms with Gasteiger partial charge in [-0.2, -0.15) is 5.10 Å². The Kier molecular flexibility index (Phi) is 6.00. The molecule has 1 N–H and O–H groups in total. The van der Waals surface area contributed by atoms with Crippen molar-refractivity contribution < 1.29 is 0 Å². The molecule has 0 saturated carbocycles. The summed E-state index contributed by atoms with van der Waals surface area (Å²) in [6.45, 7) is 5.35. The Balaban J connectivity index is 2.12. The molecule has 0 amide bonds. The molecule has 4 heteroatoms. The molecule has 2 unspecified atom stereocenters. The van der Waals surface area contributed by atoms with Gasteiger partial charge in [0.1, 0.15) is 0 Å². The lowest BCUT2D eigenvalue weighted by Crippen LogP contribution is -2.19. The first-order valence-electron chi connectivity index (χ1n) is 7.58. The van der Waals surface area contributed by atoms with Crippen LogP contribution in [0.4, 0.5) is 0 Å². The zero-order valence-electron chi connectivity index (χ0n) is 13.0. The Morgan fingerprint density at radius 1 is 1.24 bits per heavy atom. The third-order valence-electron chi connectivity index (χ3n) is 3.95. The van der Waals surface area contributed by atoms with E-state index in [1.54, 1.807) is 0 Å². The first kappa shape index (κ1) is 16.2. The Bertz CT molecular complexity index is 547. The van der Waals surface area contributed by atoms with Crippen molar-refractivity contribution in [1.82, 2.24) is 15.1 Å². The van der Waals surface area contributed by atoms with Crippen LogP contribution in [0.2, 0.25) is 0 Å². The van der Waals surface area contributed by atoms with Crippen molar-refractivity contribution in [3.05, 3.63) is 52.3 Å². The molecule has 21 heavy (non-hydrogen) atoms. The summed E-state index contributed by atoms with van der Waals surface area (Å²) in [5, 5.41) is 8.02. The summed E-state index contributed by atoms with van der Waals surface area (Å²) in [4.78, 5) is 0. The van der Waals surface area contributed by atoms with E-state index < -0.39 is 0 Å². The first-order chi connectivity index (χ1) is 10.1. The molecule has 114 valence electrons. The number of nitrogens with zero attached hydrogens (tertiary/aromatic N) is 2. The molecule has 0 fully saturated rings. The van der Waals surface area contributed by atoms with E-state index in [4.69, 9.17) is 5.10 Å². The maximum Gasteiger partial charge on any atom is 0.0631 e. The largest absolute Gasteiger partial charge is 0.319 e. The fourth-order valence-corrected chi connectivity index (χ4v) is 2.72. The number of hydrogen-bond donors (Lipinski definition) is 1. The second-order valence-electron chi connectivity index (χ2n) is 5.55. The molecule has 1 aromatic heterocycles. The van der Waals surface area contributed by atoms with Crippen LogP contribution in [-0.2, 0) is 6.42 Å². The van der Waals surface area contributed by atoms with Gasteiger partial charge in [0.05, 0.1) is 5.69 Å². The van der Waals surface area contributed by atoms with Crippen LogP contribution in [0.3, 0.4) is 0 Å². The number of likely N-dealkylation sites (N-methyl/N-ethyl adjacent to an activating group) is 1. The second kappa shape index (κ2) is 7.76. The van der Waals surface area contributed by atoms with Crippen LogP contribution >= 0.6 is 15.9 Å². The van der Waals surface area contributed by atoms with E-state index in [0.717, 1.165) is 23.9 Å². The van der Waals surface area contributed by atoms with Crippen LogP contribution in [0.1, 0.15) is 43.5 Å². The number of halogens is 1. The molecule has 1 aromatic carbocycles. The van der Waals surface area contributed by atoms with Gasteiger partial charge in [-0.15, -0.1) is 0 Å². The minimum absolute atomic E-state index is 0.448. The Morgan fingerprint density at radius 2 is 1.95 bits per heavy atom. The van der Waals surface area contributed by atoms with Crippen molar-refractivity contribution in [2.45, 2.75) is 38.6 Å². The normalized spacial score (nSPS) is 14.1. The SMILES string of the molecule is CCC(C)n1ccc(CC(CNC)c2ccc(Br)cc2)n1. The average molecular weight is 350 g/mol. The molecule has 0 aliphatic heterocycles. The highest BCUT2D eigenvalue weighted by atomic mass is 79.9. The van der Waals surface area contributed by atoms with Gasteiger partial charge in [-0.05, 0) is 50.6 Å². The van der Waals surface area contributed by atoms with Crippen molar-refractivity contribution in [3.8, 4) is 0 Å². The fourth-order valence-electron chi connectivity index (χ4n) is 2.46. The summed E-state index contributed by atoms with van der Waals surface area (Å²) in [5.41, 5.74) is 2.52. The van der Waals surface area contributed by atoms with Crippen LogP contribution in [0, 0.1) is 0 Å². The summed E-state index contributed by atoms with van der Waals surface area (Å²) in [6, 6.07) is 11.2. The van der Waals surface area contributed by atoms with Gasteiger partial charge in [-0.25, -0.2) is 0 Å². The van der Waals surface area contributed by atoms with Gasteiger partial charge in [0.15, 0.2) is 0 Å². The molecule has 2 aromatic rings. The second-order valence-corrected chi connectivity index (χ2v) is 6.47. The molecule has 0 saturated heterocycles. The van der Waals surface area contributed by atoms with E-state index in [1.807, 2.05) is 7.05 Å². The van der Waals surface area contributed by atoms with Crippen LogP contribution in [0.25, 0.3) is 0 Å². The summed E-state index contributed by atoms with van der Waals surface area (Å²) >= 11 is 3.50. The quantitative estimate of drug-likeness (QED) is 0.813. The molecular weight excluding hydrogens is 326 g/mol. The van der Waals surface area contributed by atoms with Gasteiger partial charge in [0.2, 0.25) is 0 Å². The number of hydrogen-bond acceptors (Lipinski definition) is 2. The van der Waals surface area contributed by atoms with E-state index in [0.29, 0.717) is 12.0 Å². The lowest BCUT2D eigenvalue weighted by Gasteiger charge is -2.16. The van der Waals surface area contributed by atoms with E-state index >= 15 is 0 Å². The fraction of sp³-hybridized carbons (Fsp3) is 0.471. The smallest absolute Gasteiger partial charge is 0.0631 e. The number of rotatable bonds is 7. The highest BCUT2D eigenvalue weighted by Gasteiger charge is 2.14. The lowest BCUT2D eigenvalue weighted by molar-refractivity contribution is 0.471. The molecule has 3 nitrogen and oxygen atoms in total. The number of nitrogens with one attached hydrogen (secondary N) is 1. The van der Waals surface area contributed by atoms with E-state index in [-0.39, 0.29) is 0 Å². The van der Waals surface area contributed by atoms with E-state index in [1.165, 1.54) is 11.3 Å². The first-order valence-corrected chi connectivity index (χ1v) is 8.37. The number of benzene rings is 1. The van der Waals surface area contributed by atoms with E-state index in [9.17, 15) is 0 Å². The third kappa shape index (κ3) is 4.42. The van der Waals surface area contributed by atoms with Crippen LogP contribution in [0.15, 0.2) is 41.0 Å². The highest BCUT2D eigenvalue weighted by Crippen LogP contribution is 2.22. The summed E-state index contributed by atoms with van der Waals surface area (Å²) in [5.74, 6) is 0.448. The van der Waals surface area contributed by atoms with Gasteiger partial charge in [-0.3, -0.25) is 4.68 Å². The molecular formula is C17H24BrN3. The van der Waals surface area contributed by atoms with E-state index in [2.05, 4.69) is 76.3 Å². The maximum atomic E-state index is 4.73. The molecule has 1 heterocycles. The number of aromatic nitrogens is 2. The highest BCUT2D eigenvalue weighted by molar-refractivity contribution is 9.10. The van der Waals surface area contributed by atoms with Crippen LogP contribution < -0.4 is 5.32 Å². The average Bonchev–Trinajstić information content (AvgIpc) is 2.95. The standard InChI is InChI=1S/C17H24BrN3/c1-4-13(2)21-10-9-17(20-21)11-15(12-19-3)14-5-7-16(18)8-6-14/h5-10,13,15,19H,4,11-12H2,1-3H3. The van der Waals surface area contributed by atoms with Gasteiger partial charge in [0.25, 0.3) is 0 Å². The molecule has 2 atom stereocenters. The predicted molar refractivity (Wildman–Crippen MR) is 91.7 cm³/mol.